The molecule has 0 amide bonds. The number of nitrogens with zero attached hydrogens (tertiary/aromatic N) is 3. The summed E-state index contributed by atoms with van der Waals surface area (Å²) >= 11 is 0. The molecule has 3 aromatic rings. The lowest BCUT2D eigenvalue weighted by Gasteiger charge is -2.12. The number of carbonyl (C=O) groups is 1. The van der Waals surface area contributed by atoms with Crippen molar-refractivity contribution in [1.82, 2.24) is 14.8 Å². The zero-order chi connectivity index (χ0) is 21.7. The normalized spacial score (nSPS) is 12.6. The minimum absolute atomic E-state index is 0.0445. The van der Waals surface area contributed by atoms with Crippen LogP contribution in [-0.2, 0) is 18.3 Å². The van der Waals surface area contributed by atoms with Crippen LogP contribution in [0.3, 0.4) is 0 Å². The van der Waals surface area contributed by atoms with Gasteiger partial charge in [0.1, 0.15) is 11.5 Å². The van der Waals surface area contributed by atoms with E-state index >= 15 is 0 Å². The summed E-state index contributed by atoms with van der Waals surface area (Å²) in [7, 11) is 1.87. The van der Waals surface area contributed by atoms with Crippen molar-refractivity contribution in [2.24, 2.45) is 7.05 Å². The largest absolute Gasteiger partial charge is 0.483 e. The van der Waals surface area contributed by atoms with Crippen LogP contribution < -0.4 is 4.74 Å². The van der Waals surface area contributed by atoms with Gasteiger partial charge in [-0.3, -0.25) is 14.5 Å². The van der Waals surface area contributed by atoms with E-state index in [9.17, 15) is 18.0 Å². The zero-order valence-corrected chi connectivity index (χ0v) is 16.7. The molecule has 1 aromatic carbocycles. The molecule has 0 unspecified atom stereocenters. The highest BCUT2D eigenvalue weighted by atomic mass is 19.4. The third kappa shape index (κ3) is 5.92. The summed E-state index contributed by atoms with van der Waals surface area (Å²) in [5, 5.41) is 4.15. The van der Waals surface area contributed by atoms with Crippen molar-refractivity contribution >= 4 is 5.78 Å². The van der Waals surface area contributed by atoms with Crippen LogP contribution in [0.25, 0.3) is 11.3 Å². The number of ether oxygens (including phenoxy) is 1. The van der Waals surface area contributed by atoms with Gasteiger partial charge in [0.15, 0.2) is 6.61 Å². The first-order valence-electron chi connectivity index (χ1n) is 9.46. The molecule has 0 spiro atoms. The summed E-state index contributed by atoms with van der Waals surface area (Å²) in [6, 6.07) is 12.7. The maximum Gasteiger partial charge on any atom is 0.422 e. The third-order valence-corrected chi connectivity index (χ3v) is 4.67. The Labute approximate surface area is 172 Å². The fraction of sp³-hybridized carbons (Fsp3) is 0.318. The average molecular weight is 417 g/mol. The van der Waals surface area contributed by atoms with Gasteiger partial charge in [0.2, 0.25) is 0 Å². The van der Waals surface area contributed by atoms with E-state index in [0.717, 1.165) is 16.8 Å². The number of halogens is 3. The zero-order valence-electron chi connectivity index (χ0n) is 16.7. The van der Waals surface area contributed by atoms with E-state index < -0.39 is 12.8 Å². The summed E-state index contributed by atoms with van der Waals surface area (Å²) in [5.74, 6) is -0.0408. The van der Waals surface area contributed by atoms with Gasteiger partial charge >= 0.3 is 6.18 Å². The van der Waals surface area contributed by atoms with E-state index in [1.54, 1.807) is 16.9 Å². The smallest absolute Gasteiger partial charge is 0.422 e. The molecule has 0 aliphatic heterocycles. The Hall–Kier alpha value is -3.16. The Bertz CT molecular complexity index is 980. The summed E-state index contributed by atoms with van der Waals surface area (Å²) in [6.45, 7) is 0.503. The molecule has 0 aliphatic carbocycles. The summed E-state index contributed by atoms with van der Waals surface area (Å²) in [5.41, 5.74) is 3.57. The quantitative estimate of drug-likeness (QED) is 0.532. The average Bonchev–Trinajstić information content (AvgIpc) is 3.12. The van der Waals surface area contributed by atoms with Crippen LogP contribution in [0.2, 0.25) is 0 Å². The molecular formula is C22H22F3N3O2. The first-order chi connectivity index (χ1) is 14.2. The number of ketones is 1. The molecule has 158 valence electrons. The van der Waals surface area contributed by atoms with Crippen molar-refractivity contribution in [3.8, 4) is 17.0 Å². The van der Waals surface area contributed by atoms with Crippen molar-refractivity contribution < 1.29 is 22.7 Å². The molecule has 1 atom stereocenters. The molecule has 0 saturated heterocycles. The summed E-state index contributed by atoms with van der Waals surface area (Å²) < 4.78 is 43.0. The predicted molar refractivity (Wildman–Crippen MR) is 106 cm³/mol. The van der Waals surface area contributed by atoms with E-state index in [4.69, 9.17) is 0 Å². The first-order valence-corrected chi connectivity index (χ1v) is 9.46. The molecule has 0 bridgehead atoms. The van der Waals surface area contributed by atoms with Gasteiger partial charge in [0, 0.05) is 37.7 Å². The van der Waals surface area contributed by atoms with Crippen molar-refractivity contribution in [3.05, 3.63) is 66.1 Å². The molecule has 3 rings (SSSR count). The Morgan fingerprint density at radius 1 is 1.13 bits per heavy atom. The maximum atomic E-state index is 12.5. The van der Waals surface area contributed by atoms with Crippen molar-refractivity contribution in [2.45, 2.75) is 31.9 Å². The topological polar surface area (TPSA) is 57.0 Å². The van der Waals surface area contributed by atoms with E-state index in [1.165, 1.54) is 12.3 Å². The maximum absolute atomic E-state index is 12.5. The molecular weight excluding hydrogens is 395 g/mol. The lowest BCUT2D eigenvalue weighted by molar-refractivity contribution is -0.153. The van der Waals surface area contributed by atoms with Crippen molar-refractivity contribution in [3.63, 3.8) is 0 Å². The minimum Gasteiger partial charge on any atom is -0.483 e. The molecule has 0 N–H and O–H groups in total. The SMILES string of the molecule is C[C@@H](CC(=O)Cc1ccc(-c2ccnn2C)cc1)c1ccc(OCC(F)(F)F)cn1. The number of rotatable bonds is 8. The Morgan fingerprint density at radius 2 is 1.87 bits per heavy atom. The van der Waals surface area contributed by atoms with Gasteiger partial charge in [-0.05, 0) is 29.3 Å². The highest BCUT2D eigenvalue weighted by Gasteiger charge is 2.28. The van der Waals surface area contributed by atoms with Crippen molar-refractivity contribution in [2.75, 3.05) is 6.61 Å². The van der Waals surface area contributed by atoms with Crippen molar-refractivity contribution in [1.29, 1.82) is 0 Å². The first kappa shape index (κ1) is 21.5. The lowest BCUT2D eigenvalue weighted by Crippen LogP contribution is -2.19. The highest BCUT2D eigenvalue weighted by molar-refractivity contribution is 5.81. The molecule has 2 aromatic heterocycles. The molecule has 0 radical (unpaired) electrons. The number of hydrogen-bond donors (Lipinski definition) is 0. The van der Waals surface area contributed by atoms with Gasteiger partial charge in [-0.2, -0.15) is 18.3 Å². The number of benzene rings is 1. The van der Waals surface area contributed by atoms with Crippen LogP contribution in [0.1, 0.15) is 30.5 Å². The highest BCUT2D eigenvalue weighted by Crippen LogP contribution is 2.23. The molecule has 0 aliphatic rings. The van der Waals surface area contributed by atoms with E-state index in [0.29, 0.717) is 18.5 Å². The number of pyridine rings is 1. The van der Waals surface area contributed by atoms with Crippen LogP contribution in [0.4, 0.5) is 13.2 Å². The number of hydrogen-bond acceptors (Lipinski definition) is 4. The second-order valence-corrected chi connectivity index (χ2v) is 7.18. The van der Waals surface area contributed by atoms with Crippen LogP contribution in [0.15, 0.2) is 54.9 Å². The van der Waals surface area contributed by atoms with Gasteiger partial charge in [0.05, 0.1) is 11.9 Å². The van der Waals surface area contributed by atoms with Crippen LogP contribution in [-0.4, -0.2) is 33.3 Å². The van der Waals surface area contributed by atoms with Gasteiger partial charge in [-0.1, -0.05) is 31.2 Å². The second-order valence-electron chi connectivity index (χ2n) is 7.18. The molecule has 2 heterocycles. The van der Waals surface area contributed by atoms with E-state index in [1.807, 2.05) is 44.3 Å². The Balaban J connectivity index is 1.53. The summed E-state index contributed by atoms with van der Waals surface area (Å²) in [6.07, 6.45) is -0.813. The van der Waals surface area contributed by atoms with Crippen LogP contribution in [0.5, 0.6) is 5.75 Å². The lowest BCUT2D eigenvalue weighted by atomic mass is 9.96. The summed E-state index contributed by atoms with van der Waals surface area (Å²) in [4.78, 5) is 16.6. The third-order valence-electron chi connectivity index (χ3n) is 4.67. The number of aryl methyl sites for hydroxylation is 1. The number of alkyl halides is 3. The second kappa shape index (κ2) is 9.11. The Kier molecular flexibility index (Phi) is 6.54. The van der Waals surface area contributed by atoms with E-state index in [-0.39, 0.29) is 17.5 Å². The minimum atomic E-state index is -4.39. The molecule has 5 nitrogen and oxygen atoms in total. The molecule has 8 heteroatoms. The fourth-order valence-electron chi connectivity index (χ4n) is 3.13. The fourth-order valence-corrected chi connectivity index (χ4v) is 3.13. The number of carbonyl (C=O) groups excluding carboxylic acids is 1. The molecule has 30 heavy (non-hydrogen) atoms. The van der Waals surface area contributed by atoms with Gasteiger partial charge in [-0.25, -0.2) is 0 Å². The monoisotopic (exact) mass is 417 g/mol. The van der Waals surface area contributed by atoms with E-state index in [2.05, 4.69) is 14.8 Å². The van der Waals surface area contributed by atoms with Gasteiger partial charge in [0.25, 0.3) is 0 Å². The van der Waals surface area contributed by atoms with Crippen LogP contribution in [0, 0.1) is 0 Å². The number of aromatic nitrogens is 3. The van der Waals surface area contributed by atoms with Crippen LogP contribution >= 0.6 is 0 Å². The number of Topliss-reactive ketones (excluding diaryl/α,β-unsaturated/α-hetero) is 1. The predicted octanol–water partition coefficient (Wildman–Crippen LogP) is 4.73. The standard InChI is InChI=1S/C22H22F3N3O2/c1-15(20-8-7-19(13-26-20)30-14-22(23,24)25)11-18(29)12-16-3-5-17(6-4-16)21-9-10-27-28(21)2/h3-10,13,15H,11-12,14H2,1-2H3/t15-/m0/s1. The Morgan fingerprint density at radius 3 is 2.43 bits per heavy atom. The molecule has 0 fully saturated rings. The molecule has 0 saturated carbocycles. The van der Waals surface area contributed by atoms with Gasteiger partial charge in [-0.15, -0.1) is 0 Å². The van der Waals surface area contributed by atoms with Gasteiger partial charge < -0.3 is 4.74 Å².